The summed E-state index contributed by atoms with van der Waals surface area (Å²) in [5, 5.41) is 15.8. The standard InChI is InChI=1S/C18H31N3O2.HI/c1-4-8-15(11-12-22)13-20-18(19-5-2)21-14-16-9-6-7-10-17(16)23-3;/h6-7,9-10,15,22H,4-5,8,11-14H2,1-3H3,(H2,19,20,21);1H. The Balaban J connectivity index is 0.00000529. The molecule has 0 aromatic heterocycles. The van der Waals surface area contributed by atoms with E-state index in [1.165, 1.54) is 0 Å². The van der Waals surface area contributed by atoms with Crippen molar-refractivity contribution in [2.45, 2.75) is 39.7 Å². The number of guanidine groups is 1. The maximum atomic E-state index is 9.15. The summed E-state index contributed by atoms with van der Waals surface area (Å²) >= 11 is 0. The zero-order chi connectivity index (χ0) is 16.9. The van der Waals surface area contributed by atoms with E-state index in [9.17, 15) is 0 Å². The van der Waals surface area contributed by atoms with Crippen molar-refractivity contribution in [3.63, 3.8) is 0 Å². The van der Waals surface area contributed by atoms with E-state index in [1.807, 2.05) is 24.3 Å². The van der Waals surface area contributed by atoms with Gasteiger partial charge in [-0.25, -0.2) is 4.99 Å². The molecule has 1 aromatic rings. The molecule has 1 rings (SSSR count). The predicted octanol–water partition coefficient (Wildman–Crippen LogP) is 3.17. The van der Waals surface area contributed by atoms with Crippen molar-refractivity contribution in [1.82, 2.24) is 10.6 Å². The molecule has 0 bridgehead atoms. The van der Waals surface area contributed by atoms with Crippen LogP contribution in [-0.2, 0) is 6.54 Å². The summed E-state index contributed by atoms with van der Waals surface area (Å²) < 4.78 is 5.36. The van der Waals surface area contributed by atoms with Gasteiger partial charge >= 0.3 is 0 Å². The highest BCUT2D eigenvalue weighted by molar-refractivity contribution is 14.0. The number of aliphatic hydroxyl groups excluding tert-OH is 1. The highest BCUT2D eigenvalue weighted by atomic mass is 127. The van der Waals surface area contributed by atoms with E-state index in [4.69, 9.17) is 9.84 Å². The lowest BCUT2D eigenvalue weighted by molar-refractivity contribution is 0.251. The lowest BCUT2D eigenvalue weighted by atomic mass is 10.0. The number of methoxy groups -OCH3 is 1. The van der Waals surface area contributed by atoms with Crippen LogP contribution in [0.3, 0.4) is 0 Å². The number of para-hydroxylation sites is 1. The van der Waals surface area contributed by atoms with Crippen LogP contribution in [0, 0.1) is 5.92 Å². The highest BCUT2D eigenvalue weighted by Gasteiger charge is 2.08. The van der Waals surface area contributed by atoms with Crippen molar-refractivity contribution < 1.29 is 9.84 Å². The lowest BCUT2D eigenvalue weighted by Gasteiger charge is -2.18. The first-order valence-electron chi connectivity index (χ1n) is 8.50. The molecule has 0 saturated heterocycles. The average molecular weight is 449 g/mol. The van der Waals surface area contributed by atoms with Crippen LogP contribution < -0.4 is 15.4 Å². The van der Waals surface area contributed by atoms with Crippen molar-refractivity contribution in [1.29, 1.82) is 0 Å². The number of halogens is 1. The second kappa shape index (κ2) is 14.3. The Morgan fingerprint density at radius 2 is 1.96 bits per heavy atom. The molecular formula is C18H32IN3O2. The molecule has 0 heterocycles. The lowest BCUT2D eigenvalue weighted by Crippen LogP contribution is -2.40. The fourth-order valence-corrected chi connectivity index (χ4v) is 2.52. The number of benzene rings is 1. The van der Waals surface area contributed by atoms with Gasteiger partial charge in [0.2, 0.25) is 0 Å². The topological polar surface area (TPSA) is 65.9 Å². The maximum Gasteiger partial charge on any atom is 0.191 e. The molecule has 1 aromatic carbocycles. The van der Waals surface area contributed by atoms with E-state index in [0.29, 0.717) is 12.5 Å². The van der Waals surface area contributed by atoms with Gasteiger partial charge in [0, 0.05) is 25.3 Å². The number of nitrogens with zero attached hydrogens (tertiary/aromatic N) is 1. The normalized spacial score (nSPS) is 12.2. The first kappa shape index (κ1) is 23.0. The van der Waals surface area contributed by atoms with E-state index < -0.39 is 0 Å². The molecule has 0 aliphatic rings. The Morgan fingerprint density at radius 1 is 1.21 bits per heavy atom. The van der Waals surface area contributed by atoms with Crippen molar-refractivity contribution in [2.75, 3.05) is 26.8 Å². The summed E-state index contributed by atoms with van der Waals surface area (Å²) in [7, 11) is 1.68. The summed E-state index contributed by atoms with van der Waals surface area (Å²) in [5.74, 6) is 2.13. The van der Waals surface area contributed by atoms with Crippen LogP contribution in [0.15, 0.2) is 29.3 Å². The molecule has 3 N–H and O–H groups in total. The smallest absolute Gasteiger partial charge is 0.191 e. The minimum atomic E-state index is 0. The van der Waals surface area contributed by atoms with Gasteiger partial charge in [-0.1, -0.05) is 31.5 Å². The minimum absolute atomic E-state index is 0. The van der Waals surface area contributed by atoms with Gasteiger partial charge in [0.1, 0.15) is 5.75 Å². The molecular weight excluding hydrogens is 417 g/mol. The summed E-state index contributed by atoms with van der Waals surface area (Å²) in [6.07, 6.45) is 3.06. The number of nitrogens with one attached hydrogen (secondary N) is 2. The second-order valence-electron chi connectivity index (χ2n) is 5.55. The van der Waals surface area contributed by atoms with E-state index in [-0.39, 0.29) is 30.6 Å². The zero-order valence-electron chi connectivity index (χ0n) is 15.0. The first-order valence-corrected chi connectivity index (χ1v) is 8.50. The molecule has 0 spiro atoms. The molecule has 5 nitrogen and oxygen atoms in total. The van der Waals surface area contributed by atoms with Crippen LogP contribution in [0.1, 0.15) is 38.7 Å². The van der Waals surface area contributed by atoms with Crippen LogP contribution in [0.2, 0.25) is 0 Å². The SMILES string of the molecule is CCCC(CCO)CNC(=NCc1ccccc1OC)NCC.I. The van der Waals surface area contributed by atoms with Gasteiger partial charge in [-0.05, 0) is 31.7 Å². The number of hydrogen-bond donors (Lipinski definition) is 3. The summed E-state index contributed by atoms with van der Waals surface area (Å²) in [5.41, 5.74) is 1.06. The number of rotatable bonds is 10. The molecule has 138 valence electrons. The van der Waals surface area contributed by atoms with Gasteiger partial charge in [0.05, 0.1) is 13.7 Å². The van der Waals surface area contributed by atoms with Crippen LogP contribution in [-0.4, -0.2) is 37.9 Å². The fraction of sp³-hybridized carbons (Fsp3) is 0.611. The van der Waals surface area contributed by atoms with E-state index in [0.717, 1.165) is 49.6 Å². The molecule has 24 heavy (non-hydrogen) atoms. The van der Waals surface area contributed by atoms with Crippen LogP contribution in [0.4, 0.5) is 0 Å². The van der Waals surface area contributed by atoms with Gasteiger partial charge in [0.15, 0.2) is 5.96 Å². The van der Waals surface area contributed by atoms with E-state index in [1.54, 1.807) is 7.11 Å². The third-order valence-corrected chi connectivity index (χ3v) is 3.74. The molecule has 0 amide bonds. The van der Waals surface area contributed by atoms with Crippen molar-refractivity contribution in [3.8, 4) is 5.75 Å². The van der Waals surface area contributed by atoms with Crippen molar-refractivity contribution in [2.24, 2.45) is 10.9 Å². The summed E-state index contributed by atoms with van der Waals surface area (Å²) in [4.78, 5) is 4.64. The van der Waals surface area contributed by atoms with Crippen molar-refractivity contribution in [3.05, 3.63) is 29.8 Å². The highest BCUT2D eigenvalue weighted by Crippen LogP contribution is 2.17. The van der Waals surface area contributed by atoms with E-state index >= 15 is 0 Å². The molecule has 0 saturated carbocycles. The zero-order valence-corrected chi connectivity index (χ0v) is 17.4. The third-order valence-electron chi connectivity index (χ3n) is 3.74. The van der Waals surface area contributed by atoms with Crippen LogP contribution in [0.5, 0.6) is 5.75 Å². The molecule has 0 fully saturated rings. The quantitative estimate of drug-likeness (QED) is 0.292. The third kappa shape index (κ3) is 8.73. The van der Waals surface area contributed by atoms with Crippen LogP contribution in [0.25, 0.3) is 0 Å². The number of aliphatic hydroxyl groups is 1. The van der Waals surface area contributed by atoms with Gasteiger partial charge in [-0.15, -0.1) is 24.0 Å². The monoisotopic (exact) mass is 449 g/mol. The molecule has 0 radical (unpaired) electrons. The Labute approximate surface area is 163 Å². The van der Waals surface area contributed by atoms with Gasteiger partial charge < -0.3 is 20.5 Å². The number of aliphatic imine (C=N–C) groups is 1. The Kier molecular flexibility index (Phi) is 13.7. The van der Waals surface area contributed by atoms with E-state index in [2.05, 4.69) is 29.5 Å². The van der Waals surface area contributed by atoms with Gasteiger partial charge in [-0.2, -0.15) is 0 Å². The predicted molar refractivity (Wildman–Crippen MR) is 111 cm³/mol. The second-order valence-corrected chi connectivity index (χ2v) is 5.55. The molecule has 1 atom stereocenters. The molecule has 1 unspecified atom stereocenters. The first-order chi connectivity index (χ1) is 11.2. The maximum absolute atomic E-state index is 9.15. The molecule has 0 aliphatic heterocycles. The Bertz CT molecular complexity index is 463. The molecule has 6 heteroatoms. The summed E-state index contributed by atoms with van der Waals surface area (Å²) in [6, 6.07) is 7.92. The fourth-order valence-electron chi connectivity index (χ4n) is 2.52. The number of ether oxygens (including phenoxy) is 1. The van der Waals surface area contributed by atoms with Crippen LogP contribution >= 0.6 is 24.0 Å². The van der Waals surface area contributed by atoms with Crippen molar-refractivity contribution >= 4 is 29.9 Å². The molecule has 0 aliphatic carbocycles. The summed E-state index contributed by atoms with van der Waals surface area (Å²) in [6.45, 7) is 6.67. The van der Waals surface area contributed by atoms with Gasteiger partial charge in [0.25, 0.3) is 0 Å². The minimum Gasteiger partial charge on any atom is -0.496 e. The largest absolute Gasteiger partial charge is 0.496 e. The Hall–Kier alpha value is -1.02. The van der Waals surface area contributed by atoms with Gasteiger partial charge in [-0.3, -0.25) is 0 Å². The Morgan fingerprint density at radius 3 is 2.58 bits per heavy atom. The average Bonchev–Trinajstić information content (AvgIpc) is 2.57. The number of hydrogen-bond acceptors (Lipinski definition) is 3.